The molecule has 4 saturated carbocycles. The number of nitrogens with zero attached hydrogens (tertiary/aromatic N) is 3. The number of alkyl carbamates (subject to hydrolysis) is 1. The fourth-order valence-electron chi connectivity index (χ4n) is 8.67. The van der Waals surface area contributed by atoms with Gasteiger partial charge in [-0.25, -0.2) is 14.6 Å². The normalized spacial score (nSPS) is 27.5. The van der Waals surface area contributed by atoms with Gasteiger partial charge in [0.1, 0.15) is 64.9 Å². The van der Waals surface area contributed by atoms with E-state index in [-0.39, 0.29) is 43.0 Å². The van der Waals surface area contributed by atoms with Crippen LogP contribution in [0.3, 0.4) is 0 Å². The van der Waals surface area contributed by atoms with E-state index in [1.165, 1.54) is 17.6 Å². The zero-order valence-electron chi connectivity index (χ0n) is 34.0. The highest BCUT2D eigenvalue weighted by molar-refractivity contribution is 6.36. The molecule has 0 radical (unpaired) electrons. The maximum Gasteiger partial charge on any atom is 0.408 e. The van der Waals surface area contributed by atoms with Crippen molar-refractivity contribution in [3.05, 3.63) is 29.5 Å². The fraction of sp³-hybridized carbons (Fsp3) is 0.619. The van der Waals surface area contributed by atoms with Crippen LogP contribution in [0.4, 0.5) is 10.8 Å². The Bertz CT molecular complexity index is 2110. The Morgan fingerprint density at radius 1 is 1.03 bits per heavy atom. The molecule has 1 aromatic carbocycles. The Hall–Kier alpha value is -4.83. The van der Waals surface area contributed by atoms with Gasteiger partial charge in [-0.2, -0.15) is 4.98 Å². The average Bonchev–Trinajstić information content (AvgIpc) is 4.14. The minimum absolute atomic E-state index is 0.0285. The van der Waals surface area contributed by atoms with Crippen LogP contribution in [0.1, 0.15) is 79.1 Å². The standard InChI is InChI=1S/C42H53ClN6O10/c1-6-23-18-42(23,38(52)53)48-36(50)30-16-26(19-49(30)37(51)35(41(2,3)4)47-40(54)59-25-14-21-13-22(21)15-25)58-32-17-28(29-20-57-39(46-29)44-24-7-8-24)45-34-27(32)9-10-31(33(34)43)56-12-11-55-5/h9-10,17,20-26,30,35H,6-8,11-16,18-19H2,1-5H3,(H,44,46)(H,47,54)(H,48,50)(H,52,53)/t21-,22+,23-,25+,26-,30+,35-,42-/m1/s1. The van der Waals surface area contributed by atoms with E-state index in [2.05, 4.69) is 20.9 Å². The first-order valence-electron chi connectivity index (χ1n) is 20.6. The Morgan fingerprint density at radius 2 is 1.80 bits per heavy atom. The van der Waals surface area contributed by atoms with Crippen molar-refractivity contribution in [2.75, 3.05) is 32.2 Å². The van der Waals surface area contributed by atoms with E-state index in [4.69, 9.17) is 39.9 Å². The van der Waals surface area contributed by atoms with Gasteiger partial charge in [-0.15, -0.1) is 0 Å². The number of carbonyl (C=O) groups is 4. The second-order valence-electron chi connectivity index (χ2n) is 17.8. The number of benzene rings is 1. The van der Waals surface area contributed by atoms with Crippen LogP contribution >= 0.6 is 11.6 Å². The zero-order valence-corrected chi connectivity index (χ0v) is 34.8. The topological polar surface area (TPSA) is 204 Å². The van der Waals surface area contributed by atoms with Crippen molar-refractivity contribution in [1.29, 1.82) is 0 Å². The van der Waals surface area contributed by atoms with Gasteiger partial charge in [-0.05, 0) is 73.8 Å². The first-order valence-corrected chi connectivity index (χ1v) is 21.0. The van der Waals surface area contributed by atoms with Gasteiger partial charge < -0.3 is 49.3 Å². The molecule has 8 atom stereocenters. The van der Waals surface area contributed by atoms with Crippen molar-refractivity contribution < 1.29 is 47.6 Å². The average molecular weight is 837 g/mol. The lowest BCUT2D eigenvalue weighted by Crippen LogP contribution is -2.59. The molecule has 3 aromatic rings. The van der Waals surface area contributed by atoms with Gasteiger partial charge in [0.25, 0.3) is 6.01 Å². The van der Waals surface area contributed by atoms with Gasteiger partial charge in [-0.1, -0.05) is 45.7 Å². The molecule has 0 bridgehead atoms. The number of pyridine rings is 1. The minimum Gasteiger partial charge on any atom is -0.490 e. The summed E-state index contributed by atoms with van der Waals surface area (Å²) in [4.78, 5) is 65.6. The van der Waals surface area contributed by atoms with Crippen molar-refractivity contribution in [1.82, 2.24) is 25.5 Å². The molecule has 1 aliphatic heterocycles. The number of likely N-dealkylation sites (tertiary alicyclic amines) is 1. The summed E-state index contributed by atoms with van der Waals surface area (Å²) in [6.45, 7) is 7.91. The van der Waals surface area contributed by atoms with Gasteiger partial charge in [0.05, 0.1) is 24.4 Å². The van der Waals surface area contributed by atoms with Crippen molar-refractivity contribution in [3.63, 3.8) is 0 Å². The van der Waals surface area contributed by atoms with Crippen LogP contribution in [0.15, 0.2) is 28.9 Å². The molecule has 5 fully saturated rings. The van der Waals surface area contributed by atoms with Gasteiger partial charge in [0, 0.05) is 31.0 Å². The lowest BCUT2D eigenvalue weighted by Gasteiger charge is -2.35. The van der Waals surface area contributed by atoms with Crippen molar-refractivity contribution in [3.8, 4) is 22.9 Å². The second-order valence-corrected chi connectivity index (χ2v) is 18.2. The summed E-state index contributed by atoms with van der Waals surface area (Å²) in [5.74, 6) is -0.547. The molecule has 3 heterocycles. The SMILES string of the molecule is CC[C@@H]1C[C@]1(NC(=O)[C@@H]1C[C@@H](Oc2cc(-c3coc(NC4CC4)n3)nc3c(Cl)c(OCCOC)ccc23)CN1C(=O)[C@@H](NC(=O)O[C@@H]1C[C@@H]2C[C@@H]2C1)C(C)(C)C)C(=O)O. The number of oxazole rings is 1. The zero-order chi connectivity index (χ0) is 41.8. The number of halogens is 1. The third-order valence-electron chi connectivity index (χ3n) is 12.4. The smallest absolute Gasteiger partial charge is 0.408 e. The number of anilines is 1. The number of carboxylic acid groups (broad SMARTS) is 1. The van der Waals surface area contributed by atoms with E-state index < -0.39 is 53.0 Å². The summed E-state index contributed by atoms with van der Waals surface area (Å²) in [5.41, 5.74) is -1.02. The Morgan fingerprint density at radius 3 is 2.46 bits per heavy atom. The third-order valence-corrected chi connectivity index (χ3v) is 12.7. The molecular weight excluding hydrogens is 784 g/mol. The Labute approximate surface area is 347 Å². The first kappa shape index (κ1) is 40.9. The number of amides is 3. The summed E-state index contributed by atoms with van der Waals surface area (Å²) in [6.07, 6.45) is 5.59. The molecule has 0 unspecified atom stereocenters. The van der Waals surface area contributed by atoms with E-state index in [1.54, 1.807) is 25.3 Å². The predicted molar refractivity (Wildman–Crippen MR) is 215 cm³/mol. The van der Waals surface area contributed by atoms with Crippen LogP contribution in [-0.4, -0.2) is 107 Å². The first-order chi connectivity index (χ1) is 28.2. The Balaban J connectivity index is 1.10. The van der Waals surface area contributed by atoms with Crippen LogP contribution < -0.4 is 25.4 Å². The van der Waals surface area contributed by atoms with Crippen LogP contribution in [0.2, 0.25) is 5.02 Å². The molecule has 5 aliphatic rings. The van der Waals surface area contributed by atoms with Gasteiger partial charge >= 0.3 is 12.1 Å². The number of aromatic nitrogens is 2. The monoisotopic (exact) mass is 836 g/mol. The van der Waals surface area contributed by atoms with Crippen molar-refractivity contribution >= 4 is 52.4 Å². The molecule has 4 N–H and O–H groups in total. The third kappa shape index (κ3) is 8.61. The number of fused-ring (bicyclic) bond motifs is 2. The summed E-state index contributed by atoms with van der Waals surface area (Å²) < 4.78 is 29.2. The molecule has 17 heteroatoms. The highest BCUT2D eigenvalue weighted by Gasteiger charge is 2.61. The molecule has 4 aliphatic carbocycles. The number of rotatable bonds is 16. The summed E-state index contributed by atoms with van der Waals surface area (Å²) in [7, 11) is 1.57. The minimum atomic E-state index is -1.42. The highest BCUT2D eigenvalue weighted by Crippen LogP contribution is 2.52. The highest BCUT2D eigenvalue weighted by atomic mass is 35.5. The van der Waals surface area contributed by atoms with Gasteiger partial charge in [0.2, 0.25) is 11.8 Å². The quantitative estimate of drug-likeness (QED) is 0.126. The van der Waals surface area contributed by atoms with Crippen LogP contribution in [0, 0.1) is 23.2 Å². The van der Waals surface area contributed by atoms with Crippen LogP contribution in [-0.2, 0) is 23.9 Å². The van der Waals surface area contributed by atoms with Crippen molar-refractivity contribution in [2.45, 2.75) is 115 Å². The Kier molecular flexibility index (Phi) is 11.1. The molecule has 8 rings (SSSR count). The largest absolute Gasteiger partial charge is 0.490 e. The lowest BCUT2D eigenvalue weighted by molar-refractivity contribution is -0.146. The number of ether oxygens (including phenoxy) is 4. The molecule has 16 nitrogen and oxygen atoms in total. The molecular formula is C42H53ClN6O10. The molecule has 59 heavy (non-hydrogen) atoms. The van der Waals surface area contributed by atoms with Crippen LogP contribution in [0.5, 0.6) is 11.5 Å². The number of carbonyl (C=O) groups excluding carboxylic acids is 3. The summed E-state index contributed by atoms with van der Waals surface area (Å²) in [6, 6.07) is 3.66. The van der Waals surface area contributed by atoms with E-state index in [9.17, 15) is 24.3 Å². The number of hydrogen-bond acceptors (Lipinski definition) is 12. The summed E-state index contributed by atoms with van der Waals surface area (Å²) in [5, 5.41) is 19.8. The fourth-order valence-corrected chi connectivity index (χ4v) is 8.93. The number of hydrogen-bond donors (Lipinski definition) is 4. The van der Waals surface area contributed by atoms with E-state index in [0.29, 0.717) is 70.7 Å². The molecule has 2 aromatic heterocycles. The summed E-state index contributed by atoms with van der Waals surface area (Å²) >= 11 is 6.94. The molecule has 1 saturated heterocycles. The lowest BCUT2D eigenvalue weighted by atomic mass is 9.85. The maximum absolute atomic E-state index is 14.7. The number of carboxylic acids is 1. The van der Waals surface area contributed by atoms with Gasteiger partial charge in [-0.3, -0.25) is 9.59 Å². The number of aliphatic carboxylic acids is 1. The predicted octanol–water partition coefficient (Wildman–Crippen LogP) is 5.80. The molecule has 318 valence electrons. The molecule has 0 spiro atoms. The van der Waals surface area contributed by atoms with E-state index in [0.717, 1.165) is 25.7 Å². The van der Waals surface area contributed by atoms with Crippen molar-refractivity contribution in [2.24, 2.45) is 23.2 Å². The number of methoxy groups -OCH3 is 1. The van der Waals surface area contributed by atoms with Crippen LogP contribution in [0.25, 0.3) is 22.3 Å². The molecule has 3 amide bonds. The van der Waals surface area contributed by atoms with E-state index in [1.807, 2.05) is 27.7 Å². The number of nitrogens with one attached hydrogen (secondary N) is 3. The van der Waals surface area contributed by atoms with E-state index >= 15 is 0 Å². The maximum atomic E-state index is 14.7. The van der Waals surface area contributed by atoms with Gasteiger partial charge in [0.15, 0.2) is 0 Å². The second kappa shape index (κ2) is 16.0.